The first-order chi connectivity index (χ1) is 11.6. The third-order valence-corrected chi connectivity index (χ3v) is 5.11. The summed E-state index contributed by atoms with van der Waals surface area (Å²) in [7, 11) is 0. The smallest absolute Gasteiger partial charge is 0.407 e. The van der Waals surface area contributed by atoms with Crippen molar-refractivity contribution in [3.8, 4) is 11.8 Å². The van der Waals surface area contributed by atoms with E-state index in [9.17, 15) is 10.1 Å². The van der Waals surface area contributed by atoms with Crippen molar-refractivity contribution in [2.45, 2.75) is 32.2 Å². The topological polar surface area (TPSA) is 85.6 Å². The second kappa shape index (κ2) is 7.10. The molecule has 0 atom stereocenters. The number of piperidine rings is 1. The third kappa shape index (κ3) is 3.62. The minimum atomic E-state index is -0.881. The van der Waals surface area contributed by atoms with E-state index in [1.54, 1.807) is 0 Å². The molecular weight excluding hydrogens is 306 g/mol. The fourth-order valence-corrected chi connectivity index (χ4v) is 3.47. The number of fused-ring (bicyclic) bond motifs is 1. The fraction of sp³-hybridized carbons (Fsp3) is 0.556. The van der Waals surface area contributed by atoms with Crippen LogP contribution in [0.5, 0.6) is 5.75 Å². The first kappa shape index (κ1) is 16.6. The number of hydrogen-bond acceptors (Lipinski definition) is 4. The van der Waals surface area contributed by atoms with Crippen molar-refractivity contribution in [1.29, 1.82) is 5.26 Å². The third-order valence-electron chi connectivity index (χ3n) is 5.11. The van der Waals surface area contributed by atoms with Gasteiger partial charge in [-0.15, -0.1) is 0 Å². The Morgan fingerprint density at radius 2 is 2.17 bits per heavy atom. The molecule has 2 aliphatic heterocycles. The number of rotatable bonds is 4. The van der Waals surface area contributed by atoms with Gasteiger partial charge in [-0.1, -0.05) is 6.07 Å². The summed E-state index contributed by atoms with van der Waals surface area (Å²) in [5.74, 6) is 0.753. The highest BCUT2D eigenvalue weighted by Crippen LogP contribution is 2.32. The maximum absolute atomic E-state index is 11.1. The van der Waals surface area contributed by atoms with Gasteiger partial charge in [0, 0.05) is 19.5 Å². The van der Waals surface area contributed by atoms with Crippen LogP contribution in [0.3, 0.4) is 0 Å². The molecule has 2 N–H and O–H groups in total. The molecule has 1 aromatic rings. The van der Waals surface area contributed by atoms with Crippen LogP contribution in [0.15, 0.2) is 18.2 Å². The predicted molar refractivity (Wildman–Crippen MR) is 88.8 cm³/mol. The lowest BCUT2D eigenvalue weighted by Gasteiger charge is -2.31. The van der Waals surface area contributed by atoms with Crippen molar-refractivity contribution in [2.75, 3.05) is 26.2 Å². The maximum atomic E-state index is 11.1. The molecule has 1 aromatic carbocycles. The number of amides is 1. The van der Waals surface area contributed by atoms with Gasteiger partial charge in [-0.25, -0.2) is 4.79 Å². The second-order valence-electron chi connectivity index (χ2n) is 6.63. The predicted octanol–water partition coefficient (Wildman–Crippen LogP) is 2.38. The molecule has 6 heteroatoms. The lowest BCUT2D eigenvalue weighted by atomic mass is 9.78. The van der Waals surface area contributed by atoms with Crippen molar-refractivity contribution in [3.63, 3.8) is 0 Å². The van der Waals surface area contributed by atoms with Crippen LogP contribution in [0.25, 0.3) is 0 Å². The molecule has 0 saturated carbocycles. The minimum absolute atomic E-state index is 0.278. The van der Waals surface area contributed by atoms with Crippen molar-refractivity contribution < 1.29 is 14.6 Å². The van der Waals surface area contributed by atoms with Crippen LogP contribution in [0.2, 0.25) is 0 Å². The first-order valence-electron chi connectivity index (χ1n) is 8.46. The standard InChI is InChI=1S/C18H23N3O3/c19-13-18(4-7-20-8-5-18)6-10-24-16-2-1-14-3-9-21(17(22)23)12-15(14)11-16/h1-2,11,20H,3-10,12H2,(H,22,23). The van der Waals surface area contributed by atoms with E-state index in [1.807, 2.05) is 18.2 Å². The van der Waals surface area contributed by atoms with Crippen molar-refractivity contribution in [3.05, 3.63) is 29.3 Å². The zero-order valence-electron chi connectivity index (χ0n) is 13.8. The Bertz CT molecular complexity index is 647. The Morgan fingerprint density at radius 3 is 2.88 bits per heavy atom. The monoisotopic (exact) mass is 329 g/mol. The summed E-state index contributed by atoms with van der Waals surface area (Å²) in [6.45, 7) is 3.24. The zero-order valence-corrected chi connectivity index (χ0v) is 13.8. The van der Waals surface area contributed by atoms with Gasteiger partial charge in [0.2, 0.25) is 0 Å². The second-order valence-corrected chi connectivity index (χ2v) is 6.63. The van der Waals surface area contributed by atoms with Crippen molar-refractivity contribution >= 4 is 6.09 Å². The highest BCUT2D eigenvalue weighted by Gasteiger charge is 2.31. The lowest BCUT2D eigenvalue weighted by Crippen LogP contribution is -2.36. The van der Waals surface area contributed by atoms with Crippen molar-refractivity contribution in [1.82, 2.24) is 10.2 Å². The number of nitrogens with one attached hydrogen (secondary N) is 1. The van der Waals surface area contributed by atoms with Gasteiger partial charge in [-0.2, -0.15) is 5.26 Å². The molecule has 128 valence electrons. The lowest BCUT2D eigenvalue weighted by molar-refractivity contribution is 0.139. The molecule has 2 heterocycles. The van der Waals surface area contributed by atoms with Crippen LogP contribution in [0.1, 0.15) is 30.4 Å². The molecule has 6 nitrogen and oxygen atoms in total. The van der Waals surface area contributed by atoms with E-state index in [1.165, 1.54) is 10.5 Å². The Balaban J connectivity index is 1.59. The molecule has 24 heavy (non-hydrogen) atoms. The van der Waals surface area contributed by atoms with Crippen LogP contribution in [0.4, 0.5) is 4.79 Å². The van der Waals surface area contributed by atoms with Crippen LogP contribution < -0.4 is 10.1 Å². The van der Waals surface area contributed by atoms with E-state index in [4.69, 9.17) is 9.84 Å². The average molecular weight is 329 g/mol. The Labute approximate surface area is 142 Å². The number of ether oxygens (including phenoxy) is 1. The summed E-state index contributed by atoms with van der Waals surface area (Å²) >= 11 is 0. The number of nitriles is 1. The Hall–Kier alpha value is -2.26. The molecule has 0 aromatic heterocycles. The molecule has 0 radical (unpaired) electrons. The van der Waals surface area contributed by atoms with Crippen LogP contribution in [0, 0.1) is 16.7 Å². The summed E-state index contributed by atoms with van der Waals surface area (Å²) in [5.41, 5.74) is 1.92. The summed E-state index contributed by atoms with van der Waals surface area (Å²) < 4.78 is 5.86. The van der Waals surface area contributed by atoms with Crippen LogP contribution in [-0.2, 0) is 13.0 Å². The quantitative estimate of drug-likeness (QED) is 0.886. The van der Waals surface area contributed by atoms with Gasteiger partial charge in [0.05, 0.1) is 18.1 Å². The fourth-order valence-electron chi connectivity index (χ4n) is 3.47. The van der Waals surface area contributed by atoms with E-state index in [2.05, 4.69) is 11.4 Å². The molecule has 1 fully saturated rings. The number of hydrogen-bond donors (Lipinski definition) is 2. The summed E-state index contributed by atoms with van der Waals surface area (Å²) in [4.78, 5) is 12.5. The molecule has 0 aliphatic carbocycles. The Kier molecular flexibility index (Phi) is 4.91. The van der Waals surface area contributed by atoms with Gasteiger partial charge in [0.15, 0.2) is 0 Å². The number of benzene rings is 1. The first-order valence-corrected chi connectivity index (χ1v) is 8.46. The molecular formula is C18H23N3O3. The van der Waals surface area contributed by atoms with Gasteiger partial charge in [0.1, 0.15) is 5.75 Å². The highest BCUT2D eigenvalue weighted by atomic mass is 16.5. The minimum Gasteiger partial charge on any atom is -0.494 e. The summed E-state index contributed by atoms with van der Waals surface area (Å²) in [6, 6.07) is 8.38. The van der Waals surface area contributed by atoms with Crippen LogP contribution in [-0.4, -0.2) is 42.3 Å². The van der Waals surface area contributed by atoms with Gasteiger partial charge in [-0.05, 0) is 55.6 Å². The maximum Gasteiger partial charge on any atom is 0.407 e. The zero-order chi connectivity index (χ0) is 17.0. The molecule has 1 saturated heterocycles. The highest BCUT2D eigenvalue weighted by molar-refractivity contribution is 5.65. The number of carbonyl (C=O) groups is 1. The largest absolute Gasteiger partial charge is 0.494 e. The average Bonchev–Trinajstić information content (AvgIpc) is 2.62. The molecule has 2 aliphatic rings. The summed E-state index contributed by atoms with van der Waals surface area (Å²) in [6.07, 6.45) is 2.32. The SMILES string of the molecule is N#CC1(CCOc2ccc3c(c2)CN(C(=O)O)CC3)CCNCC1. The number of carboxylic acid groups (broad SMARTS) is 1. The van der Waals surface area contributed by atoms with E-state index >= 15 is 0 Å². The van der Waals surface area contributed by atoms with Crippen molar-refractivity contribution in [2.24, 2.45) is 5.41 Å². The molecule has 0 spiro atoms. The van der Waals surface area contributed by atoms with E-state index in [-0.39, 0.29) is 5.41 Å². The normalized spacial score (nSPS) is 19.2. The molecule has 0 unspecified atom stereocenters. The molecule has 1 amide bonds. The van der Waals surface area contributed by atoms with Gasteiger partial charge < -0.3 is 20.1 Å². The van der Waals surface area contributed by atoms with Gasteiger partial charge in [-0.3, -0.25) is 0 Å². The molecule has 3 rings (SSSR count). The van der Waals surface area contributed by atoms with Gasteiger partial charge in [0.25, 0.3) is 0 Å². The van der Waals surface area contributed by atoms with Crippen LogP contribution >= 0.6 is 0 Å². The number of nitrogens with zero attached hydrogens (tertiary/aromatic N) is 2. The van der Waals surface area contributed by atoms with E-state index in [0.29, 0.717) is 19.7 Å². The van der Waals surface area contributed by atoms with Gasteiger partial charge >= 0.3 is 6.09 Å². The summed E-state index contributed by atoms with van der Waals surface area (Å²) in [5, 5.41) is 21.9. The van der Waals surface area contributed by atoms with E-state index < -0.39 is 6.09 Å². The molecule has 0 bridgehead atoms. The van der Waals surface area contributed by atoms with E-state index in [0.717, 1.165) is 50.1 Å². The Morgan fingerprint density at radius 1 is 1.38 bits per heavy atom.